The third-order valence-corrected chi connectivity index (χ3v) is 4.78. The molecule has 22 heavy (non-hydrogen) atoms. The van der Waals surface area contributed by atoms with E-state index in [-0.39, 0.29) is 11.8 Å². The van der Waals surface area contributed by atoms with Crippen molar-refractivity contribution in [1.82, 2.24) is 10.2 Å². The Balaban J connectivity index is 1.38. The first-order valence-electron chi connectivity index (χ1n) is 7.55. The van der Waals surface area contributed by atoms with Gasteiger partial charge in [-0.3, -0.25) is 9.59 Å². The van der Waals surface area contributed by atoms with Gasteiger partial charge in [0.1, 0.15) is 0 Å². The maximum atomic E-state index is 12.2. The Bertz CT molecular complexity index is 516. The quantitative estimate of drug-likeness (QED) is 0.905. The molecule has 3 rings (SSSR count). The summed E-state index contributed by atoms with van der Waals surface area (Å²) in [6.45, 7) is 2.95. The first-order valence-corrected chi connectivity index (χ1v) is 8.49. The number of nitrogens with one attached hydrogen (secondary N) is 1. The molecule has 1 N–H and O–H groups in total. The van der Waals surface area contributed by atoms with Gasteiger partial charge >= 0.3 is 0 Å². The molecule has 1 aromatic heterocycles. The Morgan fingerprint density at radius 3 is 2.64 bits per heavy atom. The average Bonchev–Trinajstić information content (AvgIpc) is 3.20. The van der Waals surface area contributed by atoms with E-state index < -0.39 is 5.79 Å². The molecule has 0 bridgehead atoms. The van der Waals surface area contributed by atoms with Crippen LogP contribution in [0.3, 0.4) is 0 Å². The molecule has 0 aromatic carbocycles. The van der Waals surface area contributed by atoms with Gasteiger partial charge in [-0.2, -0.15) is 11.3 Å². The summed E-state index contributed by atoms with van der Waals surface area (Å²) >= 11 is 1.48. The number of hydrogen-bond acceptors (Lipinski definition) is 5. The molecule has 2 saturated heterocycles. The standard InChI is InChI=1S/C15H20N2O4S/c18-13(1-5-16-14(19)12-2-10-22-11-12)17-6-3-15(4-7-17)20-8-9-21-15/h2,10-11H,1,3-9H2,(H,16,19). The van der Waals surface area contributed by atoms with Crippen molar-refractivity contribution in [2.45, 2.75) is 25.0 Å². The summed E-state index contributed by atoms with van der Waals surface area (Å²) < 4.78 is 11.3. The van der Waals surface area contributed by atoms with Gasteiger partial charge in [0.2, 0.25) is 5.91 Å². The minimum atomic E-state index is -0.454. The maximum Gasteiger partial charge on any atom is 0.252 e. The van der Waals surface area contributed by atoms with Crippen LogP contribution < -0.4 is 5.32 Å². The van der Waals surface area contributed by atoms with Gasteiger partial charge < -0.3 is 19.7 Å². The summed E-state index contributed by atoms with van der Waals surface area (Å²) in [5, 5.41) is 6.43. The van der Waals surface area contributed by atoms with Crippen LogP contribution in [-0.2, 0) is 14.3 Å². The number of carbonyl (C=O) groups excluding carboxylic acids is 2. The molecule has 0 aliphatic carbocycles. The number of thiophene rings is 1. The van der Waals surface area contributed by atoms with Gasteiger partial charge in [-0.05, 0) is 11.4 Å². The van der Waals surface area contributed by atoms with Crippen LogP contribution in [0.4, 0.5) is 0 Å². The van der Waals surface area contributed by atoms with E-state index in [0.29, 0.717) is 44.8 Å². The third kappa shape index (κ3) is 3.48. The monoisotopic (exact) mass is 324 g/mol. The third-order valence-electron chi connectivity index (χ3n) is 4.10. The highest BCUT2D eigenvalue weighted by Gasteiger charge is 2.40. The lowest BCUT2D eigenvalue weighted by Gasteiger charge is -2.37. The van der Waals surface area contributed by atoms with Crippen LogP contribution in [0.2, 0.25) is 0 Å². The molecule has 0 atom stereocenters. The fourth-order valence-electron chi connectivity index (χ4n) is 2.82. The van der Waals surface area contributed by atoms with E-state index in [9.17, 15) is 9.59 Å². The van der Waals surface area contributed by atoms with E-state index in [1.54, 1.807) is 11.4 Å². The Morgan fingerprint density at radius 1 is 1.27 bits per heavy atom. The van der Waals surface area contributed by atoms with Crippen molar-refractivity contribution in [1.29, 1.82) is 0 Å². The summed E-state index contributed by atoms with van der Waals surface area (Å²) in [7, 11) is 0. The van der Waals surface area contributed by atoms with E-state index in [4.69, 9.17) is 9.47 Å². The smallest absolute Gasteiger partial charge is 0.252 e. The number of likely N-dealkylation sites (tertiary alicyclic amines) is 1. The highest BCUT2D eigenvalue weighted by atomic mass is 32.1. The van der Waals surface area contributed by atoms with Crippen molar-refractivity contribution in [2.24, 2.45) is 0 Å². The van der Waals surface area contributed by atoms with Gasteiger partial charge in [0.05, 0.1) is 13.2 Å². The molecule has 1 aromatic rings. The van der Waals surface area contributed by atoms with Crippen LogP contribution in [0.25, 0.3) is 0 Å². The molecule has 2 fully saturated rings. The lowest BCUT2D eigenvalue weighted by Crippen LogP contribution is -2.47. The average molecular weight is 324 g/mol. The van der Waals surface area contributed by atoms with Gasteiger partial charge in [-0.1, -0.05) is 0 Å². The van der Waals surface area contributed by atoms with Crippen LogP contribution in [0.5, 0.6) is 0 Å². The molecule has 1 spiro atoms. The molecule has 3 heterocycles. The minimum absolute atomic E-state index is 0.0680. The van der Waals surface area contributed by atoms with Crippen molar-refractivity contribution < 1.29 is 19.1 Å². The number of amides is 2. The topological polar surface area (TPSA) is 67.9 Å². The van der Waals surface area contributed by atoms with Crippen LogP contribution in [0.1, 0.15) is 29.6 Å². The Kier molecular flexibility index (Phi) is 4.75. The number of nitrogens with zero attached hydrogens (tertiary/aromatic N) is 1. The second-order valence-corrected chi connectivity index (χ2v) is 6.29. The number of hydrogen-bond donors (Lipinski definition) is 1. The number of carbonyl (C=O) groups is 2. The van der Waals surface area contributed by atoms with Crippen molar-refractivity contribution in [3.05, 3.63) is 22.4 Å². The summed E-state index contributed by atoms with van der Waals surface area (Å²) in [6.07, 6.45) is 1.77. The molecule has 0 unspecified atom stereocenters. The predicted octanol–water partition coefficient (Wildman–Crippen LogP) is 1.23. The van der Waals surface area contributed by atoms with Gasteiger partial charge in [0, 0.05) is 49.8 Å². The predicted molar refractivity (Wildman–Crippen MR) is 81.7 cm³/mol. The van der Waals surface area contributed by atoms with E-state index in [1.165, 1.54) is 11.3 Å². The zero-order chi connectivity index (χ0) is 15.4. The zero-order valence-electron chi connectivity index (χ0n) is 12.4. The van der Waals surface area contributed by atoms with Gasteiger partial charge in [0.15, 0.2) is 5.79 Å². The molecule has 0 saturated carbocycles. The normalized spacial score (nSPS) is 20.3. The first-order chi connectivity index (χ1) is 10.7. The Morgan fingerprint density at radius 2 is 2.00 bits per heavy atom. The highest BCUT2D eigenvalue weighted by Crippen LogP contribution is 2.31. The van der Waals surface area contributed by atoms with E-state index in [1.807, 2.05) is 10.3 Å². The fourth-order valence-corrected chi connectivity index (χ4v) is 3.46. The SMILES string of the molecule is O=C(NCCC(=O)N1CCC2(CC1)OCCO2)c1ccsc1. The first kappa shape index (κ1) is 15.5. The Hall–Kier alpha value is -1.44. The molecular weight excluding hydrogens is 304 g/mol. The molecule has 2 amide bonds. The van der Waals surface area contributed by atoms with Crippen molar-refractivity contribution >= 4 is 23.2 Å². The van der Waals surface area contributed by atoms with E-state index >= 15 is 0 Å². The van der Waals surface area contributed by atoms with Gasteiger partial charge in [-0.25, -0.2) is 0 Å². The second kappa shape index (κ2) is 6.76. The molecule has 2 aliphatic heterocycles. The molecule has 2 aliphatic rings. The van der Waals surface area contributed by atoms with Gasteiger partial charge in [0.25, 0.3) is 5.91 Å². The largest absolute Gasteiger partial charge is 0.351 e. The molecule has 0 radical (unpaired) electrons. The molecular formula is C15H20N2O4S. The Labute approximate surface area is 133 Å². The summed E-state index contributed by atoms with van der Waals surface area (Å²) in [5.74, 6) is -0.512. The lowest BCUT2D eigenvalue weighted by atomic mass is 10.0. The van der Waals surface area contributed by atoms with Crippen LogP contribution in [0, 0.1) is 0 Å². The lowest BCUT2D eigenvalue weighted by molar-refractivity contribution is -0.187. The van der Waals surface area contributed by atoms with Crippen molar-refractivity contribution in [2.75, 3.05) is 32.8 Å². The molecule has 6 nitrogen and oxygen atoms in total. The minimum Gasteiger partial charge on any atom is -0.351 e. The zero-order valence-corrected chi connectivity index (χ0v) is 13.2. The number of piperidine rings is 1. The summed E-state index contributed by atoms with van der Waals surface area (Å²) in [5.41, 5.74) is 0.646. The highest BCUT2D eigenvalue weighted by molar-refractivity contribution is 7.08. The maximum absolute atomic E-state index is 12.2. The fraction of sp³-hybridized carbons (Fsp3) is 0.600. The van der Waals surface area contributed by atoms with E-state index in [2.05, 4.69) is 5.32 Å². The summed E-state index contributed by atoms with van der Waals surface area (Å²) in [4.78, 5) is 25.8. The van der Waals surface area contributed by atoms with Crippen LogP contribution in [0.15, 0.2) is 16.8 Å². The molecule has 120 valence electrons. The van der Waals surface area contributed by atoms with Crippen LogP contribution in [-0.4, -0.2) is 55.3 Å². The number of rotatable bonds is 4. The van der Waals surface area contributed by atoms with Crippen LogP contribution >= 0.6 is 11.3 Å². The van der Waals surface area contributed by atoms with Gasteiger partial charge in [-0.15, -0.1) is 0 Å². The second-order valence-electron chi connectivity index (χ2n) is 5.51. The van der Waals surface area contributed by atoms with E-state index in [0.717, 1.165) is 12.8 Å². The number of ether oxygens (including phenoxy) is 2. The van der Waals surface area contributed by atoms with Crippen molar-refractivity contribution in [3.63, 3.8) is 0 Å². The van der Waals surface area contributed by atoms with Crippen molar-refractivity contribution in [3.8, 4) is 0 Å². The molecule has 7 heteroatoms. The summed E-state index contributed by atoms with van der Waals surface area (Å²) in [6, 6.07) is 1.77.